The maximum atomic E-state index is 14.1. The Balaban J connectivity index is 1.41. The van der Waals surface area contributed by atoms with E-state index in [1.807, 2.05) is 6.92 Å². The van der Waals surface area contributed by atoms with Gasteiger partial charge in [0.15, 0.2) is 0 Å². The van der Waals surface area contributed by atoms with Gasteiger partial charge in [-0.2, -0.15) is 26.3 Å². The van der Waals surface area contributed by atoms with Crippen molar-refractivity contribution in [3.63, 3.8) is 0 Å². The summed E-state index contributed by atoms with van der Waals surface area (Å²) in [6.45, 7) is 6.57. The van der Waals surface area contributed by atoms with Crippen molar-refractivity contribution in [1.82, 2.24) is 14.7 Å². The predicted molar refractivity (Wildman–Crippen MR) is 144 cm³/mol. The van der Waals surface area contributed by atoms with E-state index in [4.69, 9.17) is 0 Å². The molecule has 0 N–H and O–H groups in total. The Kier molecular flexibility index (Phi) is 11.1. The summed E-state index contributed by atoms with van der Waals surface area (Å²) in [7, 11) is 0. The van der Waals surface area contributed by atoms with Crippen LogP contribution in [0.5, 0.6) is 0 Å². The summed E-state index contributed by atoms with van der Waals surface area (Å²) in [6.07, 6.45) is 0.770. The van der Waals surface area contributed by atoms with Crippen LogP contribution >= 0.6 is 0 Å². The first-order valence-electron chi connectivity index (χ1n) is 15.9. The molecule has 0 spiro atoms. The number of likely N-dealkylation sites (tertiary alicyclic amines) is 2. The standard InChI is InChI=1S/C30H49F6N3O/c1-2-37(16-11-22-19-24(29(31,32)33)21-25(20-22)30(34,35)36)28(40)27(23-9-5-3-6-10-23)39-17-12-26(13-18-39)38-14-7-4-8-15-38/h22-27H,2-21H2,1H3. The first-order valence-corrected chi connectivity index (χ1v) is 15.9. The van der Waals surface area contributed by atoms with Gasteiger partial charge < -0.3 is 9.80 Å². The van der Waals surface area contributed by atoms with Crippen molar-refractivity contribution in [2.45, 2.75) is 121 Å². The van der Waals surface area contributed by atoms with Crippen molar-refractivity contribution in [3.05, 3.63) is 0 Å². The molecular weight excluding hydrogens is 532 g/mol. The number of amides is 1. The molecule has 0 aromatic rings. The molecule has 4 rings (SSSR count). The minimum absolute atomic E-state index is 0.0291. The molecule has 4 fully saturated rings. The quantitative estimate of drug-likeness (QED) is 0.282. The van der Waals surface area contributed by atoms with Crippen LogP contribution in [0.25, 0.3) is 0 Å². The SMILES string of the molecule is CCN(CCC1CC(C(F)(F)F)CC(C(F)(F)F)C1)C(=O)C(C1CCCCC1)N1CCC(N2CCCCC2)CC1. The molecule has 10 heteroatoms. The summed E-state index contributed by atoms with van der Waals surface area (Å²) in [4.78, 5) is 20.8. The number of rotatable bonds is 8. The van der Waals surface area contributed by atoms with Crippen molar-refractivity contribution in [3.8, 4) is 0 Å². The van der Waals surface area contributed by atoms with Crippen molar-refractivity contribution in [2.75, 3.05) is 39.3 Å². The minimum Gasteiger partial charge on any atom is -0.342 e. The number of halogens is 6. The van der Waals surface area contributed by atoms with Crippen LogP contribution in [0, 0.1) is 23.7 Å². The molecule has 0 bridgehead atoms. The van der Waals surface area contributed by atoms with E-state index in [0.29, 0.717) is 12.6 Å². The number of alkyl halides is 6. The molecule has 232 valence electrons. The van der Waals surface area contributed by atoms with Crippen molar-refractivity contribution >= 4 is 5.91 Å². The summed E-state index contributed by atoms with van der Waals surface area (Å²) < 4.78 is 81.0. The highest BCUT2D eigenvalue weighted by molar-refractivity contribution is 5.82. The van der Waals surface area contributed by atoms with E-state index in [-0.39, 0.29) is 43.7 Å². The second-order valence-electron chi connectivity index (χ2n) is 13.0. The lowest BCUT2D eigenvalue weighted by molar-refractivity contribution is -0.229. The third-order valence-corrected chi connectivity index (χ3v) is 10.4. The fraction of sp³-hybridized carbons (Fsp3) is 0.967. The van der Waals surface area contributed by atoms with E-state index in [2.05, 4.69) is 9.80 Å². The second kappa shape index (κ2) is 14.0. The lowest BCUT2D eigenvalue weighted by Gasteiger charge is -2.45. The van der Waals surface area contributed by atoms with Crippen molar-refractivity contribution in [1.29, 1.82) is 0 Å². The molecule has 2 aliphatic heterocycles. The zero-order valence-corrected chi connectivity index (χ0v) is 24.1. The molecule has 4 aliphatic rings. The molecule has 4 nitrogen and oxygen atoms in total. The maximum Gasteiger partial charge on any atom is 0.391 e. The number of likely N-dealkylation sites (N-methyl/N-ethyl adjacent to an activating group) is 1. The van der Waals surface area contributed by atoms with Gasteiger partial charge in [-0.15, -0.1) is 0 Å². The van der Waals surface area contributed by atoms with Crippen LogP contribution in [0.4, 0.5) is 26.3 Å². The van der Waals surface area contributed by atoms with Crippen LogP contribution < -0.4 is 0 Å². The van der Waals surface area contributed by atoms with Crippen molar-refractivity contribution in [2.24, 2.45) is 23.7 Å². The van der Waals surface area contributed by atoms with E-state index < -0.39 is 36.5 Å². The van der Waals surface area contributed by atoms with Gasteiger partial charge in [-0.05, 0) is 96.1 Å². The zero-order chi connectivity index (χ0) is 28.9. The van der Waals surface area contributed by atoms with E-state index in [0.717, 1.165) is 64.7 Å². The third kappa shape index (κ3) is 8.29. The van der Waals surface area contributed by atoms with Crippen LogP contribution in [0.15, 0.2) is 0 Å². The predicted octanol–water partition coefficient (Wildman–Crippen LogP) is 7.28. The van der Waals surface area contributed by atoms with Gasteiger partial charge in [-0.1, -0.05) is 25.7 Å². The Morgan fingerprint density at radius 1 is 0.775 bits per heavy atom. The Hall–Kier alpha value is -1.03. The topological polar surface area (TPSA) is 26.8 Å². The summed E-state index contributed by atoms with van der Waals surface area (Å²) >= 11 is 0. The molecule has 0 aromatic heterocycles. The lowest BCUT2D eigenvalue weighted by Crippen LogP contribution is -2.57. The highest BCUT2D eigenvalue weighted by Gasteiger charge is 2.51. The molecule has 1 amide bonds. The lowest BCUT2D eigenvalue weighted by atomic mass is 9.73. The molecule has 2 heterocycles. The van der Waals surface area contributed by atoms with Gasteiger partial charge in [0.25, 0.3) is 0 Å². The molecule has 2 saturated heterocycles. The largest absolute Gasteiger partial charge is 0.391 e. The average Bonchev–Trinajstić information content (AvgIpc) is 2.94. The minimum atomic E-state index is -4.63. The first-order chi connectivity index (χ1) is 19.0. The Labute approximate surface area is 236 Å². The summed E-state index contributed by atoms with van der Waals surface area (Å²) in [6, 6.07) is 0.329. The molecule has 0 radical (unpaired) electrons. The van der Waals surface area contributed by atoms with Crippen LogP contribution in [0.1, 0.15) is 96.8 Å². The van der Waals surface area contributed by atoms with Gasteiger partial charge in [-0.3, -0.25) is 9.69 Å². The van der Waals surface area contributed by atoms with Gasteiger partial charge in [0, 0.05) is 32.2 Å². The number of carbonyl (C=O) groups excluding carboxylic acids is 1. The fourth-order valence-electron chi connectivity index (χ4n) is 8.08. The smallest absolute Gasteiger partial charge is 0.342 e. The Morgan fingerprint density at radius 2 is 1.32 bits per heavy atom. The van der Waals surface area contributed by atoms with Gasteiger partial charge >= 0.3 is 12.4 Å². The average molecular weight is 582 g/mol. The molecule has 2 saturated carbocycles. The number of carbonyl (C=O) groups is 1. The van der Waals surface area contributed by atoms with Crippen LogP contribution in [0.2, 0.25) is 0 Å². The second-order valence-corrected chi connectivity index (χ2v) is 13.0. The fourth-order valence-corrected chi connectivity index (χ4v) is 8.08. The van der Waals surface area contributed by atoms with Crippen LogP contribution in [-0.2, 0) is 4.79 Å². The molecule has 3 unspecified atom stereocenters. The van der Waals surface area contributed by atoms with E-state index >= 15 is 0 Å². The Morgan fingerprint density at radius 3 is 1.85 bits per heavy atom. The van der Waals surface area contributed by atoms with E-state index in [9.17, 15) is 31.1 Å². The Bertz CT molecular complexity index is 763. The molecule has 40 heavy (non-hydrogen) atoms. The zero-order valence-electron chi connectivity index (χ0n) is 24.1. The number of nitrogens with zero attached hydrogens (tertiary/aromatic N) is 3. The van der Waals surface area contributed by atoms with Crippen LogP contribution in [0.3, 0.4) is 0 Å². The van der Waals surface area contributed by atoms with Crippen molar-refractivity contribution < 1.29 is 31.1 Å². The summed E-state index contributed by atoms with van der Waals surface area (Å²) in [5.74, 6) is -4.26. The first kappa shape index (κ1) is 31.9. The number of hydrogen-bond donors (Lipinski definition) is 0. The number of piperidine rings is 2. The van der Waals surface area contributed by atoms with E-state index in [1.165, 1.54) is 25.7 Å². The maximum absolute atomic E-state index is 14.1. The van der Waals surface area contributed by atoms with Gasteiger partial charge in [0.2, 0.25) is 5.91 Å². The summed E-state index contributed by atoms with van der Waals surface area (Å²) in [5.41, 5.74) is 0. The monoisotopic (exact) mass is 581 g/mol. The van der Waals surface area contributed by atoms with Gasteiger partial charge in [0.05, 0.1) is 17.9 Å². The van der Waals surface area contributed by atoms with Gasteiger partial charge in [-0.25, -0.2) is 0 Å². The normalized spacial score (nSPS) is 29.8. The highest BCUT2D eigenvalue weighted by atomic mass is 19.4. The molecule has 3 atom stereocenters. The van der Waals surface area contributed by atoms with E-state index in [1.54, 1.807) is 4.90 Å². The van der Waals surface area contributed by atoms with Gasteiger partial charge in [0.1, 0.15) is 0 Å². The molecule has 0 aromatic carbocycles. The van der Waals surface area contributed by atoms with Crippen LogP contribution in [-0.4, -0.2) is 84.3 Å². The highest BCUT2D eigenvalue weighted by Crippen LogP contribution is 2.48. The number of hydrogen-bond acceptors (Lipinski definition) is 3. The third-order valence-electron chi connectivity index (χ3n) is 10.4. The summed E-state index contributed by atoms with van der Waals surface area (Å²) in [5, 5.41) is 0. The molecule has 2 aliphatic carbocycles. The molecular formula is C30H49F6N3O.